The predicted molar refractivity (Wildman–Crippen MR) is 84.9 cm³/mol. The number of hydrogen-bond donors (Lipinski definition) is 0. The summed E-state index contributed by atoms with van der Waals surface area (Å²) >= 11 is 3.93. The molecule has 0 heterocycles. The van der Waals surface area contributed by atoms with E-state index in [1.54, 1.807) is 0 Å². The molecular weight excluding hydrogens is 300 g/mol. The number of aryl methyl sites for hydroxylation is 1. The number of benzene rings is 1. The quantitative estimate of drug-likeness (QED) is 0.393. The summed E-state index contributed by atoms with van der Waals surface area (Å²) in [5, 5.41) is 0. The SMILES string of the molecule is CCCCOCCC1CCCc2ccccc2C1Br. The van der Waals surface area contributed by atoms with Crippen LogP contribution in [0.25, 0.3) is 0 Å². The predicted octanol–water partition coefficient (Wildman–Crippen LogP) is 5.28. The van der Waals surface area contributed by atoms with Crippen molar-refractivity contribution in [3.8, 4) is 0 Å². The van der Waals surface area contributed by atoms with Crippen molar-refractivity contribution >= 4 is 15.9 Å². The van der Waals surface area contributed by atoms with E-state index in [4.69, 9.17) is 4.74 Å². The molecule has 0 spiro atoms. The maximum atomic E-state index is 5.73. The molecule has 2 heteroatoms. The third-order valence-corrected chi connectivity index (χ3v) is 5.30. The first-order valence-corrected chi connectivity index (χ1v) is 8.54. The van der Waals surface area contributed by atoms with E-state index >= 15 is 0 Å². The number of rotatable bonds is 6. The van der Waals surface area contributed by atoms with Gasteiger partial charge in [-0.05, 0) is 49.1 Å². The van der Waals surface area contributed by atoms with E-state index in [1.165, 1.54) is 49.7 Å². The van der Waals surface area contributed by atoms with Crippen molar-refractivity contribution in [3.63, 3.8) is 0 Å². The van der Waals surface area contributed by atoms with Gasteiger partial charge in [0, 0.05) is 18.0 Å². The van der Waals surface area contributed by atoms with Gasteiger partial charge in [0.05, 0.1) is 0 Å². The Kier molecular flexibility index (Phi) is 6.39. The van der Waals surface area contributed by atoms with Gasteiger partial charge in [0.1, 0.15) is 0 Å². The van der Waals surface area contributed by atoms with Gasteiger partial charge in [0.2, 0.25) is 0 Å². The van der Waals surface area contributed by atoms with Gasteiger partial charge in [-0.2, -0.15) is 0 Å². The van der Waals surface area contributed by atoms with Crippen molar-refractivity contribution in [2.75, 3.05) is 13.2 Å². The zero-order valence-electron chi connectivity index (χ0n) is 11.9. The molecule has 0 aliphatic heterocycles. The van der Waals surface area contributed by atoms with Gasteiger partial charge in [-0.15, -0.1) is 0 Å². The lowest BCUT2D eigenvalue weighted by Gasteiger charge is -2.21. The molecule has 106 valence electrons. The first kappa shape index (κ1) is 15.1. The number of hydrogen-bond acceptors (Lipinski definition) is 1. The standard InChI is InChI=1S/C17H25BrO/c1-2-3-12-19-13-11-15-9-6-8-14-7-4-5-10-16(14)17(15)18/h4-5,7,10,15,17H,2-3,6,8-9,11-13H2,1H3. The second kappa shape index (κ2) is 8.06. The van der Waals surface area contributed by atoms with Crippen LogP contribution in [-0.4, -0.2) is 13.2 Å². The van der Waals surface area contributed by atoms with Crippen LogP contribution in [0.3, 0.4) is 0 Å². The Hall–Kier alpha value is -0.340. The van der Waals surface area contributed by atoms with E-state index in [2.05, 4.69) is 47.1 Å². The van der Waals surface area contributed by atoms with E-state index in [0.29, 0.717) is 10.7 Å². The minimum Gasteiger partial charge on any atom is -0.381 e. The monoisotopic (exact) mass is 324 g/mol. The maximum absolute atomic E-state index is 5.73. The summed E-state index contributed by atoms with van der Waals surface area (Å²) in [5.41, 5.74) is 3.03. The lowest BCUT2D eigenvalue weighted by molar-refractivity contribution is 0.116. The number of alkyl halides is 1. The number of unbranched alkanes of at least 4 members (excludes halogenated alkanes) is 1. The van der Waals surface area contributed by atoms with E-state index in [9.17, 15) is 0 Å². The van der Waals surface area contributed by atoms with E-state index < -0.39 is 0 Å². The van der Waals surface area contributed by atoms with Gasteiger partial charge in [-0.3, -0.25) is 0 Å². The molecule has 0 aromatic heterocycles. The summed E-state index contributed by atoms with van der Waals surface area (Å²) in [6.07, 6.45) is 7.42. The second-order valence-corrected chi connectivity index (χ2v) is 6.49. The fraction of sp³-hybridized carbons (Fsp3) is 0.647. The molecule has 0 saturated carbocycles. The van der Waals surface area contributed by atoms with Crippen molar-refractivity contribution < 1.29 is 4.74 Å². The molecule has 1 aliphatic carbocycles. The molecule has 0 N–H and O–H groups in total. The summed E-state index contributed by atoms with van der Waals surface area (Å²) in [4.78, 5) is 0.501. The zero-order chi connectivity index (χ0) is 13.5. The molecule has 0 radical (unpaired) electrons. The molecule has 0 bridgehead atoms. The highest BCUT2D eigenvalue weighted by molar-refractivity contribution is 9.09. The normalized spacial score (nSPS) is 22.8. The fourth-order valence-electron chi connectivity index (χ4n) is 2.86. The minimum atomic E-state index is 0.501. The molecule has 1 aromatic rings. The molecule has 0 fully saturated rings. The number of fused-ring (bicyclic) bond motifs is 1. The fourth-order valence-corrected chi connectivity index (χ4v) is 3.84. The van der Waals surface area contributed by atoms with Crippen LogP contribution in [0.2, 0.25) is 0 Å². The van der Waals surface area contributed by atoms with Crippen LogP contribution in [0.5, 0.6) is 0 Å². The highest BCUT2D eigenvalue weighted by Crippen LogP contribution is 2.40. The first-order valence-electron chi connectivity index (χ1n) is 7.62. The average Bonchev–Trinajstić information content (AvgIpc) is 2.59. The van der Waals surface area contributed by atoms with Crippen LogP contribution < -0.4 is 0 Å². The topological polar surface area (TPSA) is 9.23 Å². The highest BCUT2D eigenvalue weighted by atomic mass is 79.9. The lowest BCUT2D eigenvalue weighted by Crippen LogP contribution is -2.10. The summed E-state index contributed by atoms with van der Waals surface area (Å²) in [5.74, 6) is 0.713. The van der Waals surface area contributed by atoms with Crippen molar-refractivity contribution in [2.45, 2.75) is 50.3 Å². The molecule has 2 rings (SSSR count). The Morgan fingerprint density at radius 2 is 2.11 bits per heavy atom. The molecule has 1 nitrogen and oxygen atoms in total. The molecule has 2 unspecified atom stereocenters. The number of halogens is 1. The van der Waals surface area contributed by atoms with Gasteiger partial charge in [-0.25, -0.2) is 0 Å². The Balaban J connectivity index is 1.88. The molecule has 0 saturated heterocycles. The van der Waals surface area contributed by atoms with E-state index in [1.807, 2.05) is 0 Å². The first-order chi connectivity index (χ1) is 9.33. The van der Waals surface area contributed by atoms with Crippen LogP contribution in [0.1, 0.15) is 55.0 Å². The lowest BCUT2D eigenvalue weighted by atomic mass is 9.94. The van der Waals surface area contributed by atoms with Crippen molar-refractivity contribution in [2.24, 2.45) is 5.92 Å². The molecule has 2 atom stereocenters. The number of ether oxygens (including phenoxy) is 1. The Morgan fingerprint density at radius 3 is 2.95 bits per heavy atom. The molecule has 1 aromatic carbocycles. The minimum absolute atomic E-state index is 0.501. The molecule has 1 aliphatic rings. The average molecular weight is 325 g/mol. The molecular formula is C17H25BrO. The van der Waals surface area contributed by atoms with Gasteiger partial charge < -0.3 is 4.74 Å². The van der Waals surface area contributed by atoms with Gasteiger partial charge >= 0.3 is 0 Å². The Labute approximate surface area is 125 Å². The second-order valence-electron chi connectivity index (χ2n) is 5.51. The highest BCUT2D eigenvalue weighted by Gasteiger charge is 2.25. The largest absolute Gasteiger partial charge is 0.381 e. The van der Waals surface area contributed by atoms with E-state index in [0.717, 1.165) is 13.2 Å². The Morgan fingerprint density at radius 1 is 1.26 bits per heavy atom. The zero-order valence-corrected chi connectivity index (χ0v) is 13.5. The summed E-state index contributed by atoms with van der Waals surface area (Å²) in [6.45, 7) is 4.04. The third kappa shape index (κ3) is 4.32. The van der Waals surface area contributed by atoms with Crippen LogP contribution in [-0.2, 0) is 11.2 Å². The van der Waals surface area contributed by atoms with Crippen molar-refractivity contribution in [3.05, 3.63) is 35.4 Å². The van der Waals surface area contributed by atoms with Crippen LogP contribution >= 0.6 is 15.9 Å². The summed E-state index contributed by atoms with van der Waals surface area (Å²) < 4.78 is 5.73. The van der Waals surface area contributed by atoms with Crippen LogP contribution in [0, 0.1) is 5.92 Å². The van der Waals surface area contributed by atoms with Crippen LogP contribution in [0.15, 0.2) is 24.3 Å². The van der Waals surface area contributed by atoms with Gasteiger partial charge in [0.25, 0.3) is 0 Å². The van der Waals surface area contributed by atoms with E-state index in [-0.39, 0.29) is 0 Å². The summed E-state index contributed by atoms with van der Waals surface area (Å²) in [6, 6.07) is 8.88. The smallest absolute Gasteiger partial charge is 0.0469 e. The molecule has 19 heavy (non-hydrogen) atoms. The van der Waals surface area contributed by atoms with Crippen LogP contribution in [0.4, 0.5) is 0 Å². The summed E-state index contributed by atoms with van der Waals surface area (Å²) in [7, 11) is 0. The van der Waals surface area contributed by atoms with Gasteiger partial charge in [-0.1, -0.05) is 53.5 Å². The molecule has 0 amide bonds. The van der Waals surface area contributed by atoms with Gasteiger partial charge in [0.15, 0.2) is 0 Å². The van der Waals surface area contributed by atoms with Crippen molar-refractivity contribution in [1.82, 2.24) is 0 Å². The maximum Gasteiger partial charge on any atom is 0.0469 e. The van der Waals surface area contributed by atoms with Crippen molar-refractivity contribution in [1.29, 1.82) is 0 Å². The third-order valence-electron chi connectivity index (χ3n) is 4.06. The Bertz CT molecular complexity index is 377.